The lowest BCUT2D eigenvalue weighted by molar-refractivity contribution is 0.0784. The maximum atomic E-state index is 12.1. The molecule has 0 aliphatic carbocycles. The van der Waals surface area contributed by atoms with Gasteiger partial charge in [0.25, 0.3) is 5.91 Å². The van der Waals surface area contributed by atoms with Crippen LogP contribution in [-0.2, 0) is 6.54 Å². The van der Waals surface area contributed by atoms with Crippen molar-refractivity contribution in [1.29, 1.82) is 0 Å². The zero-order valence-corrected chi connectivity index (χ0v) is 10.2. The Labute approximate surface area is 106 Å². The highest BCUT2D eigenvalue weighted by molar-refractivity contribution is 5.93. The first-order valence-electron chi connectivity index (χ1n) is 5.67. The summed E-state index contributed by atoms with van der Waals surface area (Å²) in [5, 5.41) is 0. The van der Waals surface area contributed by atoms with E-state index in [1.165, 1.54) is 0 Å². The van der Waals surface area contributed by atoms with Crippen LogP contribution in [0.15, 0.2) is 48.8 Å². The standard InChI is InChI=1S/C14H15N3O/c1-17(10-11-4-2-6-13(15)8-11)14(18)12-5-3-7-16-9-12/h2-9H,10,15H2,1H3. The minimum absolute atomic E-state index is 0.0504. The highest BCUT2D eigenvalue weighted by Crippen LogP contribution is 2.10. The van der Waals surface area contributed by atoms with Crippen LogP contribution in [0.4, 0.5) is 5.69 Å². The number of hydrogen-bond donors (Lipinski definition) is 1. The van der Waals surface area contributed by atoms with Gasteiger partial charge in [0, 0.05) is 31.7 Å². The fourth-order valence-corrected chi connectivity index (χ4v) is 1.75. The Bertz CT molecular complexity index is 540. The molecule has 0 aliphatic rings. The van der Waals surface area contributed by atoms with Crippen molar-refractivity contribution < 1.29 is 4.79 Å². The van der Waals surface area contributed by atoms with Crippen molar-refractivity contribution in [3.8, 4) is 0 Å². The summed E-state index contributed by atoms with van der Waals surface area (Å²) in [5.41, 5.74) is 8.01. The smallest absolute Gasteiger partial charge is 0.255 e. The van der Waals surface area contributed by atoms with Crippen LogP contribution in [0.2, 0.25) is 0 Å². The van der Waals surface area contributed by atoms with Crippen LogP contribution in [0.5, 0.6) is 0 Å². The van der Waals surface area contributed by atoms with E-state index in [1.54, 1.807) is 36.5 Å². The van der Waals surface area contributed by atoms with Crippen LogP contribution in [0, 0.1) is 0 Å². The van der Waals surface area contributed by atoms with Crippen molar-refractivity contribution >= 4 is 11.6 Å². The number of benzene rings is 1. The van der Waals surface area contributed by atoms with Gasteiger partial charge in [0.2, 0.25) is 0 Å². The summed E-state index contributed by atoms with van der Waals surface area (Å²) in [6.45, 7) is 0.527. The Balaban J connectivity index is 2.09. The molecule has 2 rings (SSSR count). The van der Waals surface area contributed by atoms with Gasteiger partial charge in [-0.15, -0.1) is 0 Å². The number of hydrogen-bond acceptors (Lipinski definition) is 3. The monoisotopic (exact) mass is 241 g/mol. The number of nitrogens with zero attached hydrogens (tertiary/aromatic N) is 2. The van der Waals surface area contributed by atoms with Gasteiger partial charge in [0.1, 0.15) is 0 Å². The summed E-state index contributed by atoms with van der Waals surface area (Å²) in [5.74, 6) is -0.0504. The van der Waals surface area contributed by atoms with Crippen LogP contribution in [0.3, 0.4) is 0 Å². The topological polar surface area (TPSA) is 59.2 Å². The summed E-state index contributed by atoms with van der Waals surface area (Å²) in [6, 6.07) is 11.0. The van der Waals surface area contributed by atoms with Crippen LogP contribution in [0.25, 0.3) is 0 Å². The molecule has 2 aromatic rings. The molecule has 0 spiro atoms. The van der Waals surface area contributed by atoms with Gasteiger partial charge in [-0.3, -0.25) is 9.78 Å². The Morgan fingerprint density at radius 1 is 1.33 bits per heavy atom. The van der Waals surface area contributed by atoms with Crippen LogP contribution in [-0.4, -0.2) is 22.8 Å². The minimum atomic E-state index is -0.0504. The summed E-state index contributed by atoms with van der Waals surface area (Å²) in [4.78, 5) is 17.7. The van der Waals surface area contributed by atoms with Gasteiger partial charge in [0.15, 0.2) is 0 Å². The first kappa shape index (κ1) is 12.1. The first-order valence-corrected chi connectivity index (χ1v) is 5.67. The van der Waals surface area contributed by atoms with Gasteiger partial charge in [0.05, 0.1) is 5.56 Å². The van der Waals surface area contributed by atoms with Gasteiger partial charge in [-0.1, -0.05) is 12.1 Å². The number of nitrogens with two attached hydrogens (primary N) is 1. The molecule has 0 saturated heterocycles. The van der Waals surface area contributed by atoms with E-state index in [4.69, 9.17) is 5.73 Å². The maximum Gasteiger partial charge on any atom is 0.255 e. The van der Waals surface area contributed by atoms with Gasteiger partial charge in [-0.25, -0.2) is 0 Å². The van der Waals surface area contributed by atoms with E-state index >= 15 is 0 Å². The molecule has 0 unspecified atom stereocenters. The number of carbonyl (C=O) groups excluding carboxylic acids is 1. The molecule has 92 valence electrons. The molecular weight excluding hydrogens is 226 g/mol. The zero-order valence-electron chi connectivity index (χ0n) is 10.2. The molecule has 0 radical (unpaired) electrons. The molecular formula is C14H15N3O. The molecule has 4 nitrogen and oxygen atoms in total. The summed E-state index contributed by atoms with van der Waals surface area (Å²) < 4.78 is 0. The van der Waals surface area contributed by atoms with Gasteiger partial charge >= 0.3 is 0 Å². The lowest BCUT2D eigenvalue weighted by Crippen LogP contribution is -2.26. The number of nitrogen functional groups attached to an aromatic ring is 1. The number of aromatic nitrogens is 1. The van der Waals surface area contributed by atoms with E-state index < -0.39 is 0 Å². The average molecular weight is 241 g/mol. The SMILES string of the molecule is CN(Cc1cccc(N)c1)C(=O)c1cccnc1. The Hall–Kier alpha value is -2.36. The van der Waals surface area contributed by atoms with Crippen molar-refractivity contribution in [1.82, 2.24) is 9.88 Å². The van der Waals surface area contributed by atoms with E-state index in [0.29, 0.717) is 17.8 Å². The summed E-state index contributed by atoms with van der Waals surface area (Å²) >= 11 is 0. The second-order valence-corrected chi connectivity index (χ2v) is 4.15. The predicted molar refractivity (Wildman–Crippen MR) is 70.9 cm³/mol. The lowest BCUT2D eigenvalue weighted by Gasteiger charge is -2.17. The lowest BCUT2D eigenvalue weighted by atomic mass is 10.2. The summed E-state index contributed by atoms with van der Waals surface area (Å²) in [7, 11) is 1.76. The average Bonchev–Trinajstić information content (AvgIpc) is 2.39. The van der Waals surface area contributed by atoms with Crippen LogP contribution < -0.4 is 5.73 Å². The Morgan fingerprint density at radius 3 is 2.83 bits per heavy atom. The van der Waals surface area contributed by atoms with Crippen molar-refractivity contribution in [2.24, 2.45) is 0 Å². The molecule has 18 heavy (non-hydrogen) atoms. The van der Waals surface area contributed by atoms with E-state index in [1.807, 2.05) is 24.3 Å². The third-order valence-corrected chi connectivity index (χ3v) is 2.63. The van der Waals surface area contributed by atoms with Crippen LogP contribution >= 0.6 is 0 Å². The van der Waals surface area contributed by atoms with Crippen molar-refractivity contribution in [3.63, 3.8) is 0 Å². The molecule has 0 atom stereocenters. The molecule has 2 N–H and O–H groups in total. The number of pyridine rings is 1. The van der Waals surface area contributed by atoms with Crippen molar-refractivity contribution in [2.45, 2.75) is 6.54 Å². The molecule has 1 amide bonds. The molecule has 4 heteroatoms. The van der Waals surface area contributed by atoms with Gasteiger partial charge in [-0.05, 0) is 29.8 Å². The Kier molecular flexibility index (Phi) is 3.57. The highest BCUT2D eigenvalue weighted by atomic mass is 16.2. The molecule has 1 aromatic heterocycles. The molecule has 0 fully saturated rings. The fourth-order valence-electron chi connectivity index (χ4n) is 1.75. The molecule has 0 bridgehead atoms. The third kappa shape index (κ3) is 2.85. The largest absolute Gasteiger partial charge is 0.399 e. The number of anilines is 1. The predicted octanol–water partition coefficient (Wildman–Crippen LogP) is 1.94. The fraction of sp³-hybridized carbons (Fsp3) is 0.143. The third-order valence-electron chi connectivity index (χ3n) is 2.63. The molecule has 1 heterocycles. The number of rotatable bonds is 3. The number of amides is 1. The van der Waals surface area contributed by atoms with E-state index in [2.05, 4.69) is 4.98 Å². The quantitative estimate of drug-likeness (QED) is 0.835. The van der Waals surface area contributed by atoms with E-state index in [-0.39, 0.29) is 5.91 Å². The second-order valence-electron chi connectivity index (χ2n) is 4.15. The maximum absolute atomic E-state index is 12.1. The zero-order chi connectivity index (χ0) is 13.0. The summed E-state index contributed by atoms with van der Waals surface area (Å²) in [6.07, 6.45) is 3.22. The van der Waals surface area contributed by atoms with E-state index in [9.17, 15) is 4.79 Å². The molecule has 0 aliphatic heterocycles. The molecule has 0 saturated carbocycles. The number of carbonyl (C=O) groups is 1. The van der Waals surface area contributed by atoms with Crippen LogP contribution in [0.1, 0.15) is 15.9 Å². The highest BCUT2D eigenvalue weighted by Gasteiger charge is 2.11. The van der Waals surface area contributed by atoms with Crippen molar-refractivity contribution in [3.05, 3.63) is 59.9 Å². The first-order chi connectivity index (χ1) is 8.66. The minimum Gasteiger partial charge on any atom is -0.399 e. The molecule has 1 aromatic carbocycles. The van der Waals surface area contributed by atoms with Crippen molar-refractivity contribution in [2.75, 3.05) is 12.8 Å². The second kappa shape index (κ2) is 5.31. The van der Waals surface area contributed by atoms with Gasteiger partial charge < -0.3 is 10.6 Å². The normalized spacial score (nSPS) is 10.1. The van der Waals surface area contributed by atoms with Gasteiger partial charge in [-0.2, -0.15) is 0 Å². The van der Waals surface area contributed by atoms with E-state index in [0.717, 1.165) is 5.56 Å². The Morgan fingerprint density at radius 2 is 2.17 bits per heavy atom.